The van der Waals surface area contributed by atoms with Crippen molar-refractivity contribution < 1.29 is 4.74 Å². The first-order chi connectivity index (χ1) is 9.60. The summed E-state index contributed by atoms with van der Waals surface area (Å²) in [6.07, 6.45) is 4.98. The van der Waals surface area contributed by atoms with E-state index in [0.29, 0.717) is 6.04 Å². The van der Waals surface area contributed by atoms with Gasteiger partial charge in [-0.3, -0.25) is 4.90 Å². The molecule has 1 N–H and O–H groups in total. The Morgan fingerprint density at radius 2 is 1.80 bits per heavy atom. The molecule has 120 valence electrons. The van der Waals surface area contributed by atoms with Crippen LogP contribution >= 0.6 is 0 Å². The summed E-state index contributed by atoms with van der Waals surface area (Å²) in [6.45, 7) is 16.8. The second-order valence-corrected chi connectivity index (χ2v) is 6.51. The van der Waals surface area contributed by atoms with Crippen molar-refractivity contribution in [3.05, 3.63) is 0 Å². The molecule has 0 aromatic heterocycles. The van der Waals surface area contributed by atoms with E-state index >= 15 is 0 Å². The standard InChI is InChI=1S/C17H36N2O/c1-6-9-15(4)16(18-10-7-2)17(5,8-3)19-11-13-20-14-12-19/h15-16,18H,6-14H2,1-5H3. The molecular weight excluding hydrogens is 248 g/mol. The molecule has 0 aromatic carbocycles. The van der Waals surface area contributed by atoms with E-state index in [-0.39, 0.29) is 5.54 Å². The van der Waals surface area contributed by atoms with Crippen LogP contribution in [-0.2, 0) is 4.74 Å². The zero-order valence-corrected chi connectivity index (χ0v) is 14.4. The van der Waals surface area contributed by atoms with E-state index in [1.54, 1.807) is 0 Å². The maximum atomic E-state index is 5.55. The van der Waals surface area contributed by atoms with Crippen molar-refractivity contribution >= 4 is 0 Å². The molecular formula is C17H36N2O. The predicted molar refractivity (Wildman–Crippen MR) is 87.2 cm³/mol. The van der Waals surface area contributed by atoms with Gasteiger partial charge in [0.1, 0.15) is 0 Å². The van der Waals surface area contributed by atoms with Gasteiger partial charge in [0.05, 0.1) is 13.2 Å². The number of nitrogens with zero attached hydrogens (tertiary/aromatic N) is 1. The minimum atomic E-state index is 0.244. The highest BCUT2D eigenvalue weighted by Crippen LogP contribution is 2.30. The zero-order chi connectivity index (χ0) is 15.0. The summed E-state index contributed by atoms with van der Waals surface area (Å²) in [6, 6.07) is 0.575. The molecule has 1 fully saturated rings. The van der Waals surface area contributed by atoms with E-state index in [1.165, 1.54) is 25.7 Å². The predicted octanol–water partition coefficient (Wildman–Crippen LogP) is 3.29. The molecule has 0 bridgehead atoms. The Kier molecular flexibility index (Phi) is 8.08. The van der Waals surface area contributed by atoms with Gasteiger partial charge in [-0.05, 0) is 38.6 Å². The van der Waals surface area contributed by atoms with Crippen molar-refractivity contribution in [2.24, 2.45) is 5.92 Å². The summed E-state index contributed by atoms with van der Waals surface area (Å²) in [5, 5.41) is 3.86. The van der Waals surface area contributed by atoms with Crippen molar-refractivity contribution in [2.75, 3.05) is 32.8 Å². The summed E-state index contributed by atoms with van der Waals surface area (Å²) < 4.78 is 5.55. The summed E-state index contributed by atoms with van der Waals surface area (Å²) in [5.74, 6) is 0.722. The number of morpholine rings is 1. The third-order valence-corrected chi connectivity index (χ3v) is 5.05. The highest BCUT2D eigenvalue weighted by Gasteiger charge is 2.40. The van der Waals surface area contributed by atoms with Crippen LogP contribution in [-0.4, -0.2) is 49.3 Å². The minimum absolute atomic E-state index is 0.244. The molecule has 0 saturated carbocycles. The van der Waals surface area contributed by atoms with E-state index in [1.807, 2.05) is 0 Å². The first-order valence-electron chi connectivity index (χ1n) is 8.66. The Morgan fingerprint density at radius 1 is 1.15 bits per heavy atom. The van der Waals surface area contributed by atoms with Gasteiger partial charge in [0.25, 0.3) is 0 Å². The average Bonchev–Trinajstić information content (AvgIpc) is 2.48. The van der Waals surface area contributed by atoms with Gasteiger partial charge in [0.2, 0.25) is 0 Å². The van der Waals surface area contributed by atoms with Crippen LogP contribution in [0.25, 0.3) is 0 Å². The van der Waals surface area contributed by atoms with Crippen molar-refractivity contribution in [3.8, 4) is 0 Å². The van der Waals surface area contributed by atoms with Gasteiger partial charge in [0.15, 0.2) is 0 Å². The van der Waals surface area contributed by atoms with Crippen LogP contribution in [0.2, 0.25) is 0 Å². The largest absolute Gasteiger partial charge is 0.379 e. The second-order valence-electron chi connectivity index (χ2n) is 6.51. The van der Waals surface area contributed by atoms with E-state index in [2.05, 4.69) is 44.8 Å². The lowest BCUT2D eigenvalue weighted by Crippen LogP contribution is -2.63. The van der Waals surface area contributed by atoms with E-state index in [9.17, 15) is 0 Å². The van der Waals surface area contributed by atoms with E-state index in [0.717, 1.165) is 38.8 Å². The van der Waals surface area contributed by atoms with Crippen LogP contribution in [0.4, 0.5) is 0 Å². The topological polar surface area (TPSA) is 24.5 Å². The van der Waals surface area contributed by atoms with E-state index in [4.69, 9.17) is 4.74 Å². The highest BCUT2D eigenvalue weighted by molar-refractivity contribution is 4.99. The van der Waals surface area contributed by atoms with Crippen LogP contribution in [0, 0.1) is 5.92 Å². The number of nitrogens with one attached hydrogen (secondary N) is 1. The highest BCUT2D eigenvalue weighted by atomic mass is 16.5. The third-order valence-electron chi connectivity index (χ3n) is 5.05. The molecule has 20 heavy (non-hydrogen) atoms. The number of hydrogen-bond donors (Lipinski definition) is 1. The third kappa shape index (κ3) is 4.44. The van der Waals surface area contributed by atoms with Crippen LogP contribution in [0.5, 0.6) is 0 Å². The van der Waals surface area contributed by atoms with Crippen LogP contribution < -0.4 is 5.32 Å². The average molecular weight is 284 g/mol. The lowest BCUT2D eigenvalue weighted by atomic mass is 9.78. The van der Waals surface area contributed by atoms with Crippen molar-refractivity contribution in [1.29, 1.82) is 0 Å². The van der Waals surface area contributed by atoms with Crippen LogP contribution in [0.1, 0.15) is 60.3 Å². The fourth-order valence-corrected chi connectivity index (χ4v) is 3.67. The molecule has 1 rings (SSSR count). The number of ether oxygens (including phenoxy) is 1. The maximum absolute atomic E-state index is 5.55. The molecule has 3 nitrogen and oxygen atoms in total. The molecule has 3 heteroatoms. The molecule has 1 heterocycles. The first kappa shape index (κ1) is 17.9. The lowest BCUT2D eigenvalue weighted by Gasteiger charge is -2.50. The molecule has 1 aliphatic rings. The van der Waals surface area contributed by atoms with E-state index < -0.39 is 0 Å². The molecule has 3 unspecified atom stereocenters. The SMILES string of the molecule is CCCNC(C(C)CCC)C(C)(CC)N1CCOCC1. The van der Waals surface area contributed by atoms with Gasteiger partial charge in [-0.1, -0.05) is 34.1 Å². The number of hydrogen-bond acceptors (Lipinski definition) is 3. The number of rotatable bonds is 9. The summed E-state index contributed by atoms with van der Waals surface area (Å²) >= 11 is 0. The van der Waals surface area contributed by atoms with Gasteiger partial charge in [-0.25, -0.2) is 0 Å². The summed E-state index contributed by atoms with van der Waals surface area (Å²) in [7, 11) is 0. The van der Waals surface area contributed by atoms with Crippen LogP contribution in [0.15, 0.2) is 0 Å². The molecule has 1 aliphatic heterocycles. The monoisotopic (exact) mass is 284 g/mol. The zero-order valence-electron chi connectivity index (χ0n) is 14.4. The summed E-state index contributed by atoms with van der Waals surface area (Å²) in [5.41, 5.74) is 0.244. The van der Waals surface area contributed by atoms with Gasteiger partial charge in [-0.15, -0.1) is 0 Å². The normalized spacial score (nSPS) is 23.2. The quantitative estimate of drug-likeness (QED) is 0.703. The van der Waals surface area contributed by atoms with Crippen LogP contribution in [0.3, 0.4) is 0 Å². The van der Waals surface area contributed by atoms with Gasteiger partial charge >= 0.3 is 0 Å². The molecule has 3 atom stereocenters. The molecule has 0 radical (unpaired) electrons. The second kappa shape index (κ2) is 9.01. The Balaban J connectivity index is 2.85. The fraction of sp³-hybridized carbons (Fsp3) is 1.00. The molecule has 0 spiro atoms. The Bertz CT molecular complexity index is 253. The molecule has 0 amide bonds. The van der Waals surface area contributed by atoms with Gasteiger partial charge in [-0.2, -0.15) is 0 Å². The van der Waals surface area contributed by atoms with Crippen molar-refractivity contribution in [1.82, 2.24) is 10.2 Å². The van der Waals surface area contributed by atoms with Crippen molar-refractivity contribution in [3.63, 3.8) is 0 Å². The van der Waals surface area contributed by atoms with Gasteiger partial charge < -0.3 is 10.1 Å². The molecule has 0 aliphatic carbocycles. The Hall–Kier alpha value is -0.120. The van der Waals surface area contributed by atoms with Crippen molar-refractivity contribution in [2.45, 2.75) is 71.9 Å². The van der Waals surface area contributed by atoms with Gasteiger partial charge in [0, 0.05) is 24.7 Å². The Labute approximate surface area is 126 Å². The smallest absolute Gasteiger partial charge is 0.0594 e. The first-order valence-corrected chi connectivity index (χ1v) is 8.66. The fourth-order valence-electron chi connectivity index (χ4n) is 3.67. The maximum Gasteiger partial charge on any atom is 0.0594 e. The minimum Gasteiger partial charge on any atom is -0.379 e. The lowest BCUT2D eigenvalue weighted by molar-refractivity contribution is -0.0405. The molecule has 0 aromatic rings. The summed E-state index contributed by atoms with van der Waals surface area (Å²) in [4.78, 5) is 2.66. The molecule has 1 saturated heterocycles. The Morgan fingerprint density at radius 3 is 2.30 bits per heavy atom.